The Balaban J connectivity index is 2.04. The summed E-state index contributed by atoms with van der Waals surface area (Å²) in [5.74, 6) is 0.590. The van der Waals surface area contributed by atoms with Crippen molar-refractivity contribution in [2.24, 2.45) is 0 Å². The highest BCUT2D eigenvalue weighted by Crippen LogP contribution is 2.32. The molecule has 1 aromatic carbocycles. The smallest absolute Gasteiger partial charge is 0.262 e. The first-order valence-electron chi connectivity index (χ1n) is 5.30. The van der Waals surface area contributed by atoms with Crippen molar-refractivity contribution in [2.75, 3.05) is 11.9 Å². The highest BCUT2D eigenvalue weighted by molar-refractivity contribution is 5.96. The van der Waals surface area contributed by atoms with Crippen LogP contribution in [0.5, 0.6) is 5.75 Å². The van der Waals surface area contributed by atoms with E-state index in [2.05, 4.69) is 10.3 Å². The molecule has 0 aliphatic carbocycles. The van der Waals surface area contributed by atoms with E-state index in [0.717, 1.165) is 16.8 Å². The van der Waals surface area contributed by atoms with Crippen molar-refractivity contribution in [3.8, 4) is 16.9 Å². The number of hydrogen-bond acceptors (Lipinski definition) is 3. The third-order valence-corrected chi connectivity index (χ3v) is 2.63. The molecule has 0 spiro atoms. The van der Waals surface area contributed by atoms with Crippen LogP contribution >= 0.6 is 0 Å². The maximum absolute atomic E-state index is 11.2. The number of amides is 1. The van der Waals surface area contributed by atoms with Gasteiger partial charge in [0, 0.05) is 12.4 Å². The Bertz CT molecular complexity index is 567. The van der Waals surface area contributed by atoms with Crippen LogP contribution in [-0.4, -0.2) is 17.5 Å². The minimum absolute atomic E-state index is 0.0849. The largest absolute Gasteiger partial charge is 0.482 e. The lowest BCUT2D eigenvalue weighted by Crippen LogP contribution is -2.25. The topological polar surface area (TPSA) is 51.2 Å². The van der Waals surface area contributed by atoms with E-state index in [0.29, 0.717) is 5.75 Å². The molecule has 1 N–H and O–H groups in total. The number of nitrogens with zero attached hydrogens (tertiary/aromatic N) is 1. The molecule has 4 nitrogen and oxygen atoms in total. The average Bonchev–Trinajstić information content (AvgIpc) is 2.39. The Morgan fingerprint density at radius 3 is 2.76 bits per heavy atom. The lowest BCUT2D eigenvalue weighted by Gasteiger charge is -2.18. The van der Waals surface area contributed by atoms with Gasteiger partial charge in [0.1, 0.15) is 5.75 Å². The lowest BCUT2D eigenvalue weighted by atomic mass is 10.1. The lowest BCUT2D eigenvalue weighted by molar-refractivity contribution is -0.118. The predicted octanol–water partition coefficient (Wildman–Crippen LogP) is 2.08. The molecule has 0 radical (unpaired) electrons. The second kappa shape index (κ2) is 3.90. The number of pyridine rings is 1. The molecule has 0 atom stereocenters. The van der Waals surface area contributed by atoms with Crippen molar-refractivity contribution in [2.45, 2.75) is 0 Å². The molecule has 0 fully saturated rings. The summed E-state index contributed by atoms with van der Waals surface area (Å²) >= 11 is 0. The fourth-order valence-corrected chi connectivity index (χ4v) is 1.81. The van der Waals surface area contributed by atoms with Gasteiger partial charge >= 0.3 is 0 Å². The monoisotopic (exact) mass is 226 g/mol. The maximum atomic E-state index is 11.2. The molecule has 2 heterocycles. The molecule has 84 valence electrons. The fourth-order valence-electron chi connectivity index (χ4n) is 1.81. The van der Waals surface area contributed by atoms with Gasteiger partial charge in [-0.25, -0.2) is 0 Å². The van der Waals surface area contributed by atoms with E-state index in [-0.39, 0.29) is 12.5 Å². The van der Waals surface area contributed by atoms with Crippen molar-refractivity contribution in [1.29, 1.82) is 0 Å². The molecule has 17 heavy (non-hydrogen) atoms. The molecular formula is C13H10N2O2. The molecule has 0 saturated heterocycles. The SMILES string of the molecule is O=C1COc2ccc(-c3ccncc3)cc2N1. The van der Waals surface area contributed by atoms with Crippen LogP contribution in [0.25, 0.3) is 11.1 Å². The summed E-state index contributed by atoms with van der Waals surface area (Å²) < 4.78 is 5.30. The number of rotatable bonds is 1. The van der Waals surface area contributed by atoms with E-state index in [4.69, 9.17) is 4.74 Å². The van der Waals surface area contributed by atoms with E-state index in [1.807, 2.05) is 30.3 Å². The van der Waals surface area contributed by atoms with Gasteiger partial charge in [0.2, 0.25) is 0 Å². The Kier molecular flexibility index (Phi) is 2.26. The predicted molar refractivity (Wildman–Crippen MR) is 63.8 cm³/mol. The van der Waals surface area contributed by atoms with Gasteiger partial charge < -0.3 is 10.1 Å². The second-order valence-corrected chi connectivity index (χ2v) is 3.78. The van der Waals surface area contributed by atoms with Crippen LogP contribution < -0.4 is 10.1 Å². The Labute approximate surface area is 98.3 Å². The summed E-state index contributed by atoms with van der Waals surface area (Å²) in [5, 5.41) is 2.79. The number of carbonyl (C=O) groups is 1. The Morgan fingerprint density at radius 1 is 1.12 bits per heavy atom. The van der Waals surface area contributed by atoms with Crippen LogP contribution in [0.1, 0.15) is 0 Å². The third kappa shape index (κ3) is 1.85. The molecule has 0 saturated carbocycles. The van der Waals surface area contributed by atoms with Crippen LogP contribution in [-0.2, 0) is 4.79 Å². The van der Waals surface area contributed by atoms with Crippen molar-refractivity contribution in [3.63, 3.8) is 0 Å². The zero-order valence-corrected chi connectivity index (χ0v) is 9.01. The third-order valence-electron chi connectivity index (χ3n) is 2.63. The first-order chi connectivity index (χ1) is 8.33. The van der Waals surface area contributed by atoms with Crippen LogP contribution in [0.15, 0.2) is 42.7 Å². The van der Waals surface area contributed by atoms with E-state index < -0.39 is 0 Å². The molecule has 1 aliphatic rings. The van der Waals surface area contributed by atoms with Crippen molar-refractivity contribution in [3.05, 3.63) is 42.7 Å². The Hall–Kier alpha value is -2.36. The van der Waals surface area contributed by atoms with Crippen molar-refractivity contribution >= 4 is 11.6 Å². The molecule has 1 amide bonds. The second-order valence-electron chi connectivity index (χ2n) is 3.78. The summed E-state index contributed by atoms with van der Waals surface area (Å²) in [6.07, 6.45) is 3.48. The molecule has 1 aliphatic heterocycles. The zero-order valence-electron chi connectivity index (χ0n) is 9.01. The van der Waals surface area contributed by atoms with Gasteiger partial charge in [-0.15, -0.1) is 0 Å². The van der Waals surface area contributed by atoms with Crippen molar-refractivity contribution < 1.29 is 9.53 Å². The average molecular weight is 226 g/mol. The van der Waals surface area contributed by atoms with Gasteiger partial charge in [-0.3, -0.25) is 9.78 Å². The minimum atomic E-state index is -0.121. The standard InChI is InChI=1S/C13H10N2O2/c16-13-8-17-12-2-1-10(7-11(12)15-13)9-3-5-14-6-4-9/h1-7H,8H2,(H,15,16). The minimum Gasteiger partial charge on any atom is -0.482 e. The van der Waals surface area contributed by atoms with Crippen LogP contribution in [0.2, 0.25) is 0 Å². The van der Waals surface area contributed by atoms with Crippen LogP contribution in [0, 0.1) is 0 Å². The number of benzene rings is 1. The quantitative estimate of drug-likeness (QED) is 0.809. The van der Waals surface area contributed by atoms with E-state index >= 15 is 0 Å². The molecule has 2 aromatic rings. The van der Waals surface area contributed by atoms with E-state index in [9.17, 15) is 4.79 Å². The van der Waals surface area contributed by atoms with Gasteiger partial charge in [-0.1, -0.05) is 6.07 Å². The zero-order chi connectivity index (χ0) is 11.7. The van der Waals surface area contributed by atoms with Gasteiger partial charge in [0.05, 0.1) is 5.69 Å². The summed E-state index contributed by atoms with van der Waals surface area (Å²) in [4.78, 5) is 15.2. The van der Waals surface area contributed by atoms with Gasteiger partial charge in [0.25, 0.3) is 5.91 Å². The number of ether oxygens (including phenoxy) is 1. The number of hydrogen-bond donors (Lipinski definition) is 1. The Morgan fingerprint density at radius 2 is 1.94 bits per heavy atom. The molecule has 0 bridgehead atoms. The van der Waals surface area contributed by atoms with E-state index in [1.165, 1.54) is 0 Å². The first kappa shape index (κ1) is 9.84. The first-order valence-corrected chi connectivity index (χ1v) is 5.30. The van der Waals surface area contributed by atoms with E-state index in [1.54, 1.807) is 12.4 Å². The number of anilines is 1. The summed E-state index contributed by atoms with van der Waals surface area (Å²) in [5.41, 5.74) is 2.80. The molecule has 4 heteroatoms. The molecule has 1 aromatic heterocycles. The normalized spacial score (nSPS) is 13.5. The molecular weight excluding hydrogens is 216 g/mol. The van der Waals surface area contributed by atoms with Gasteiger partial charge in [0.15, 0.2) is 6.61 Å². The summed E-state index contributed by atoms with van der Waals surface area (Å²) in [6.45, 7) is 0.0849. The number of aromatic nitrogens is 1. The number of fused-ring (bicyclic) bond motifs is 1. The highest BCUT2D eigenvalue weighted by Gasteiger charge is 2.15. The van der Waals surface area contributed by atoms with Crippen LogP contribution in [0.4, 0.5) is 5.69 Å². The maximum Gasteiger partial charge on any atom is 0.262 e. The number of nitrogens with one attached hydrogen (secondary N) is 1. The van der Waals surface area contributed by atoms with Gasteiger partial charge in [-0.05, 0) is 35.4 Å². The number of carbonyl (C=O) groups excluding carboxylic acids is 1. The van der Waals surface area contributed by atoms with Crippen molar-refractivity contribution in [1.82, 2.24) is 4.98 Å². The fraction of sp³-hybridized carbons (Fsp3) is 0.0769. The highest BCUT2D eigenvalue weighted by atomic mass is 16.5. The molecule has 0 unspecified atom stereocenters. The van der Waals surface area contributed by atoms with Gasteiger partial charge in [-0.2, -0.15) is 0 Å². The summed E-state index contributed by atoms with van der Waals surface area (Å²) in [7, 11) is 0. The molecule has 3 rings (SSSR count). The van der Waals surface area contributed by atoms with Crippen LogP contribution in [0.3, 0.4) is 0 Å². The summed E-state index contributed by atoms with van der Waals surface area (Å²) in [6, 6.07) is 9.58.